The second-order valence-electron chi connectivity index (χ2n) is 7.78. The third kappa shape index (κ3) is 4.11. The molecule has 5 rings (SSSR count). The van der Waals surface area contributed by atoms with Gasteiger partial charge in [0.25, 0.3) is 11.5 Å². The Morgan fingerprint density at radius 2 is 2.00 bits per heavy atom. The van der Waals surface area contributed by atoms with Gasteiger partial charge in [-0.1, -0.05) is 0 Å². The zero-order valence-corrected chi connectivity index (χ0v) is 17.7. The molecule has 4 aromatic rings. The van der Waals surface area contributed by atoms with Crippen LogP contribution in [0.5, 0.6) is 0 Å². The molecule has 1 amide bonds. The van der Waals surface area contributed by atoms with E-state index in [-0.39, 0.29) is 11.5 Å². The maximum absolute atomic E-state index is 12.9. The molecule has 7 nitrogen and oxygen atoms in total. The summed E-state index contributed by atoms with van der Waals surface area (Å²) in [5.74, 6) is 0.408. The smallest absolute Gasteiger partial charge is 0.253 e. The van der Waals surface area contributed by atoms with Crippen molar-refractivity contribution in [3.8, 4) is 11.3 Å². The number of likely N-dealkylation sites (tertiary alicyclic amines) is 1. The molecule has 3 aromatic heterocycles. The highest BCUT2D eigenvalue weighted by Gasteiger charge is 2.24. The molecule has 1 aliphatic rings. The first-order valence-corrected chi connectivity index (χ1v) is 11.1. The van der Waals surface area contributed by atoms with E-state index in [9.17, 15) is 9.59 Å². The monoisotopic (exact) mass is 431 g/mol. The number of fused-ring (bicyclic) bond motifs is 1. The number of amides is 1. The van der Waals surface area contributed by atoms with E-state index in [1.54, 1.807) is 46.2 Å². The van der Waals surface area contributed by atoms with Crippen LogP contribution in [0.4, 0.5) is 0 Å². The number of thiazole rings is 1. The van der Waals surface area contributed by atoms with Crippen LogP contribution >= 0.6 is 11.3 Å². The maximum atomic E-state index is 12.9. The summed E-state index contributed by atoms with van der Waals surface area (Å²) in [6, 6.07) is 11.0. The van der Waals surface area contributed by atoms with Gasteiger partial charge in [0, 0.05) is 49.2 Å². The summed E-state index contributed by atoms with van der Waals surface area (Å²) < 4.78 is 2.70. The van der Waals surface area contributed by atoms with E-state index >= 15 is 0 Å². The lowest BCUT2D eigenvalue weighted by atomic mass is 9.96. The molecule has 0 N–H and O–H groups in total. The van der Waals surface area contributed by atoms with Gasteiger partial charge in [0.1, 0.15) is 0 Å². The van der Waals surface area contributed by atoms with Gasteiger partial charge in [-0.3, -0.25) is 19.1 Å². The number of benzene rings is 1. The highest BCUT2D eigenvalue weighted by Crippen LogP contribution is 2.23. The number of rotatable bonds is 4. The highest BCUT2D eigenvalue weighted by molar-refractivity contribution is 7.16. The lowest BCUT2D eigenvalue weighted by Crippen LogP contribution is -2.40. The summed E-state index contributed by atoms with van der Waals surface area (Å²) in [6.45, 7) is 2.01. The van der Waals surface area contributed by atoms with Crippen LogP contribution in [-0.2, 0) is 6.54 Å². The summed E-state index contributed by atoms with van der Waals surface area (Å²) in [6.07, 6.45) is 6.74. The largest absolute Gasteiger partial charge is 0.339 e. The fraction of sp³-hybridized carbons (Fsp3) is 0.261. The molecule has 0 saturated carbocycles. The van der Waals surface area contributed by atoms with Gasteiger partial charge in [-0.05, 0) is 49.1 Å². The van der Waals surface area contributed by atoms with Crippen LogP contribution in [0.1, 0.15) is 23.2 Å². The number of piperidine rings is 1. The minimum atomic E-state index is -0.0646. The van der Waals surface area contributed by atoms with Crippen LogP contribution in [0.2, 0.25) is 0 Å². The van der Waals surface area contributed by atoms with E-state index in [1.807, 2.05) is 35.2 Å². The van der Waals surface area contributed by atoms with Gasteiger partial charge >= 0.3 is 0 Å². The molecule has 0 radical (unpaired) electrons. The summed E-state index contributed by atoms with van der Waals surface area (Å²) in [5, 5.41) is 0. The van der Waals surface area contributed by atoms with E-state index in [4.69, 9.17) is 0 Å². The Hall–Kier alpha value is -3.39. The fourth-order valence-electron chi connectivity index (χ4n) is 4.00. The SMILES string of the molecule is O=C(c1ccc2ncsc2c1)N1CCC(Cn2cnc(-c3cccnc3)cc2=O)CC1. The molecule has 0 aliphatic carbocycles. The number of hydrogen-bond acceptors (Lipinski definition) is 6. The summed E-state index contributed by atoms with van der Waals surface area (Å²) in [5.41, 5.74) is 4.83. The normalized spacial score (nSPS) is 14.8. The fourth-order valence-corrected chi connectivity index (χ4v) is 4.72. The van der Waals surface area contributed by atoms with E-state index in [2.05, 4.69) is 15.0 Å². The minimum Gasteiger partial charge on any atom is -0.339 e. The molecule has 0 bridgehead atoms. The molecular weight excluding hydrogens is 410 g/mol. The molecule has 4 heterocycles. The number of carbonyl (C=O) groups is 1. The minimum absolute atomic E-state index is 0.0633. The first-order chi connectivity index (χ1) is 15.2. The Morgan fingerprint density at radius 1 is 1.13 bits per heavy atom. The lowest BCUT2D eigenvalue weighted by molar-refractivity contribution is 0.0682. The summed E-state index contributed by atoms with van der Waals surface area (Å²) in [7, 11) is 0. The van der Waals surface area contributed by atoms with E-state index < -0.39 is 0 Å². The van der Waals surface area contributed by atoms with Crippen LogP contribution in [0.25, 0.3) is 21.5 Å². The van der Waals surface area contributed by atoms with Crippen molar-refractivity contribution in [2.24, 2.45) is 5.92 Å². The second kappa shape index (κ2) is 8.39. The van der Waals surface area contributed by atoms with Gasteiger partial charge in [0.15, 0.2) is 0 Å². The summed E-state index contributed by atoms with van der Waals surface area (Å²) in [4.78, 5) is 40.1. The number of nitrogens with zero attached hydrogens (tertiary/aromatic N) is 5. The Labute approximate surface area is 183 Å². The van der Waals surface area contributed by atoms with Crippen molar-refractivity contribution in [1.82, 2.24) is 24.4 Å². The molecule has 1 aromatic carbocycles. The molecule has 0 atom stereocenters. The topological polar surface area (TPSA) is 81.0 Å². The first kappa shape index (κ1) is 19.6. The Kier molecular flexibility index (Phi) is 5.30. The highest BCUT2D eigenvalue weighted by atomic mass is 32.1. The Morgan fingerprint density at radius 3 is 2.77 bits per heavy atom. The van der Waals surface area contributed by atoms with Crippen LogP contribution in [0.3, 0.4) is 0 Å². The van der Waals surface area contributed by atoms with Crippen molar-refractivity contribution in [3.63, 3.8) is 0 Å². The average Bonchev–Trinajstić information content (AvgIpc) is 3.29. The van der Waals surface area contributed by atoms with Crippen molar-refractivity contribution in [2.45, 2.75) is 19.4 Å². The molecule has 1 saturated heterocycles. The van der Waals surface area contributed by atoms with Crippen molar-refractivity contribution >= 4 is 27.5 Å². The lowest BCUT2D eigenvalue weighted by Gasteiger charge is -2.32. The molecule has 156 valence electrons. The van der Waals surface area contributed by atoms with Gasteiger partial charge in [-0.25, -0.2) is 9.97 Å². The number of carbonyl (C=O) groups excluding carboxylic acids is 1. The van der Waals surface area contributed by atoms with Crippen molar-refractivity contribution < 1.29 is 4.79 Å². The van der Waals surface area contributed by atoms with Crippen LogP contribution in [-0.4, -0.2) is 43.4 Å². The van der Waals surface area contributed by atoms with Gasteiger partial charge < -0.3 is 4.90 Å². The Bertz CT molecular complexity index is 1280. The van der Waals surface area contributed by atoms with Gasteiger partial charge in [-0.2, -0.15) is 0 Å². The Balaban J connectivity index is 1.22. The number of aromatic nitrogens is 4. The first-order valence-electron chi connectivity index (χ1n) is 10.3. The molecular formula is C23H21N5O2S. The molecule has 1 fully saturated rings. The average molecular weight is 432 g/mol. The molecule has 31 heavy (non-hydrogen) atoms. The predicted molar refractivity (Wildman–Crippen MR) is 120 cm³/mol. The van der Waals surface area contributed by atoms with Crippen molar-refractivity contribution in [1.29, 1.82) is 0 Å². The maximum Gasteiger partial charge on any atom is 0.253 e. The molecule has 0 spiro atoms. The third-order valence-corrected chi connectivity index (χ3v) is 6.56. The van der Waals surface area contributed by atoms with Gasteiger partial charge in [-0.15, -0.1) is 11.3 Å². The van der Waals surface area contributed by atoms with E-state index in [0.29, 0.717) is 36.8 Å². The van der Waals surface area contributed by atoms with Gasteiger partial charge in [0.2, 0.25) is 0 Å². The van der Waals surface area contributed by atoms with Gasteiger partial charge in [0.05, 0.1) is 27.7 Å². The van der Waals surface area contributed by atoms with E-state index in [1.165, 1.54) is 0 Å². The van der Waals surface area contributed by atoms with Crippen molar-refractivity contribution in [2.75, 3.05) is 13.1 Å². The molecule has 1 aliphatic heterocycles. The van der Waals surface area contributed by atoms with Crippen LogP contribution in [0.15, 0.2) is 65.4 Å². The number of hydrogen-bond donors (Lipinski definition) is 0. The second-order valence-corrected chi connectivity index (χ2v) is 8.66. The molecule has 0 unspecified atom stereocenters. The zero-order chi connectivity index (χ0) is 21.2. The predicted octanol–water partition coefficient (Wildman–Crippen LogP) is 3.47. The molecule has 8 heteroatoms. The number of pyridine rings is 1. The third-order valence-electron chi connectivity index (χ3n) is 5.77. The standard InChI is InChI=1S/C23H21N5O2S/c29-22-11-20(18-2-1-7-24-12-18)25-14-28(22)13-16-5-8-27(9-6-16)23(30)17-3-4-19-21(10-17)31-15-26-19/h1-4,7,10-12,14-16H,5-6,8-9,13H2. The zero-order valence-electron chi connectivity index (χ0n) is 16.8. The van der Waals surface area contributed by atoms with Crippen LogP contribution < -0.4 is 5.56 Å². The summed E-state index contributed by atoms with van der Waals surface area (Å²) >= 11 is 1.54. The van der Waals surface area contributed by atoms with Crippen LogP contribution in [0, 0.1) is 5.92 Å². The quantitative estimate of drug-likeness (QED) is 0.494. The van der Waals surface area contributed by atoms with E-state index in [0.717, 1.165) is 28.6 Å². The van der Waals surface area contributed by atoms with Crippen molar-refractivity contribution in [3.05, 3.63) is 76.5 Å².